The molecule has 0 aliphatic heterocycles. The second-order valence-electron chi connectivity index (χ2n) is 6.99. The van der Waals surface area contributed by atoms with Crippen LogP contribution in [-0.4, -0.2) is 21.2 Å². The fraction of sp³-hybridized carbons (Fsp3) is 0. The van der Waals surface area contributed by atoms with E-state index >= 15 is 0 Å². The zero-order chi connectivity index (χ0) is 22.5. The minimum Gasteiger partial charge on any atom is -0.508 e. The lowest BCUT2D eigenvalue weighted by Crippen LogP contribution is -2.39. The van der Waals surface area contributed by atoms with Crippen LogP contribution in [0.4, 0.5) is 0 Å². The van der Waals surface area contributed by atoms with Gasteiger partial charge in [-0.15, -0.1) is 0 Å². The maximum absolute atomic E-state index is 13.1. The van der Waals surface area contributed by atoms with E-state index < -0.39 is 11.5 Å². The quantitative estimate of drug-likeness (QED) is 0.353. The standard InChI is InChI=1S/C25H20N4O3/c1-16(17-12-14-20(30)15-13-17)26-28-24(31)22-21(18-8-4-2-5-9-18)23(27-29-25(22)32)19-10-6-3-7-11-19/h2-15,26,30H,1H2,(H,28,31)(H,29,32). The Kier molecular flexibility index (Phi) is 5.81. The Morgan fingerprint density at radius 3 is 2.06 bits per heavy atom. The van der Waals surface area contributed by atoms with Crippen molar-refractivity contribution in [2.24, 2.45) is 0 Å². The number of rotatable bonds is 6. The normalized spacial score (nSPS) is 10.4. The summed E-state index contributed by atoms with van der Waals surface area (Å²) in [6.07, 6.45) is 0. The van der Waals surface area contributed by atoms with Crippen molar-refractivity contribution in [2.75, 3.05) is 0 Å². The maximum Gasteiger partial charge on any atom is 0.277 e. The number of hydrogen-bond donors (Lipinski definition) is 4. The molecule has 0 aliphatic rings. The summed E-state index contributed by atoms with van der Waals surface area (Å²) in [7, 11) is 0. The van der Waals surface area contributed by atoms with Crippen LogP contribution in [0, 0.1) is 0 Å². The van der Waals surface area contributed by atoms with E-state index in [4.69, 9.17) is 0 Å². The van der Waals surface area contributed by atoms with Gasteiger partial charge in [0.15, 0.2) is 0 Å². The number of H-pyrrole nitrogens is 1. The van der Waals surface area contributed by atoms with Crippen molar-refractivity contribution in [3.63, 3.8) is 0 Å². The fourth-order valence-electron chi connectivity index (χ4n) is 3.29. The number of hydrazine groups is 1. The fourth-order valence-corrected chi connectivity index (χ4v) is 3.29. The molecule has 7 nitrogen and oxygen atoms in total. The van der Waals surface area contributed by atoms with Crippen molar-refractivity contribution < 1.29 is 9.90 Å². The molecule has 32 heavy (non-hydrogen) atoms. The molecule has 0 fully saturated rings. The molecule has 0 saturated heterocycles. The predicted octanol–water partition coefficient (Wildman–Crippen LogP) is 3.71. The Hall–Kier alpha value is -4.65. The lowest BCUT2D eigenvalue weighted by atomic mass is 9.95. The number of benzene rings is 3. The monoisotopic (exact) mass is 424 g/mol. The van der Waals surface area contributed by atoms with Crippen LogP contribution in [0.1, 0.15) is 15.9 Å². The van der Waals surface area contributed by atoms with Gasteiger partial charge in [-0.1, -0.05) is 67.2 Å². The van der Waals surface area contributed by atoms with Gasteiger partial charge in [-0.3, -0.25) is 20.4 Å². The minimum atomic E-state index is -0.635. The highest BCUT2D eigenvalue weighted by molar-refractivity contribution is 6.03. The number of aromatic nitrogens is 2. The molecule has 7 heteroatoms. The van der Waals surface area contributed by atoms with Crippen molar-refractivity contribution in [3.8, 4) is 28.1 Å². The third kappa shape index (κ3) is 4.27. The number of amides is 1. The molecule has 0 saturated carbocycles. The van der Waals surface area contributed by atoms with Crippen molar-refractivity contribution in [1.29, 1.82) is 0 Å². The molecule has 4 aromatic rings. The molecule has 0 atom stereocenters. The van der Waals surface area contributed by atoms with Crippen LogP contribution < -0.4 is 16.4 Å². The van der Waals surface area contributed by atoms with Gasteiger partial charge in [0, 0.05) is 11.1 Å². The first-order valence-electron chi connectivity index (χ1n) is 9.83. The zero-order valence-electron chi connectivity index (χ0n) is 17.0. The van der Waals surface area contributed by atoms with Crippen LogP contribution in [0.2, 0.25) is 0 Å². The van der Waals surface area contributed by atoms with Crippen molar-refractivity contribution in [1.82, 2.24) is 21.0 Å². The van der Waals surface area contributed by atoms with Crippen LogP contribution in [0.15, 0.2) is 96.3 Å². The summed E-state index contributed by atoms with van der Waals surface area (Å²) in [4.78, 5) is 25.9. The van der Waals surface area contributed by atoms with Crippen molar-refractivity contribution in [2.45, 2.75) is 0 Å². The summed E-state index contributed by atoms with van der Waals surface area (Å²) in [6, 6.07) is 24.8. The van der Waals surface area contributed by atoms with E-state index in [9.17, 15) is 14.7 Å². The second-order valence-corrected chi connectivity index (χ2v) is 6.99. The number of nitrogens with zero attached hydrogens (tertiary/aromatic N) is 1. The lowest BCUT2D eigenvalue weighted by Gasteiger charge is -2.15. The maximum atomic E-state index is 13.1. The van der Waals surface area contributed by atoms with Crippen LogP contribution in [-0.2, 0) is 0 Å². The number of nitrogens with one attached hydrogen (secondary N) is 3. The molecule has 0 bridgehead atoms. The van der Waals surface area contributed by atoms with Gasteiger partial charge in [0.2, 0.25) is 0 Å². The number of phenols is 1. The van der Waals surface area contributed by atoms with Crippen LogP contribution in [0.3, 0.4) is 0 Å². The smallest absolute Gasteiger partial charge is 0.277 e. The summed E-state index contributed by atoms with van der Waals surface area (Å²) < 4.78 is 0. The zero-order valence-corrected chi connectivity index (χ0v) is 17.0. The minimum absolute atomic E-state index is 0.0731. The van der Waals surface area contributed by atoms with E-state index in [1.165, 1.54) is 12.1 Å². The van der Waals surface area contributed by atoms with Crippen LogP contribution in [0.25, 0.3) is 28.1 Å². The molecular weight excluding hydrogens is 404 g/mol. The highest BCUT2D eigenvalue weighted by Crippen LogP contribution is 2.31. The Bertz CT molecular complexity index is 1320. The van der Waals surface area contributed by atoms with Gasteiger partial charge in [-0.25, -0.2) is 5.10 Å². The highest BCUT2D eigenvalue weighted by atomic mass is 16.3. The van der Waals surface area contributed by atoms with E-state index in [0.29, 0.717) is 28.1 Å². The molecule has 4 N–H and O–H groups in total. The number of carbonyl (C=O) groups excluding carboxylic acids is 1. The van der Waals surface area contributed by atoms with Gasteiger partial charge in [0.1, 0.15) is 11.3 Å². The van der Waals surface area contributed by atoms with E-state index in [2.05, 4.69) is 27.6 Å². The Balaban J connectivity index is 1.73. The average molecular weight is 424 g/mol. The third-order valence-corrected chi connectivity index (χ3v) is 4.86. The first-order valence-corrected chi connectivity index (χ1v) is 9.83. The molecule has 158 valence electrons. The van der Waals surface area contributed by atoms with E-state index in [0.717, 1.165) is 5.56 Å². The van der Waals surface area contributed by atoms with E-state index in [1.807, 2.05) is 60.7 Å². The lowest BCUT2D eigenvalue weighted by molar-refractivity contribution is 0.0941. The van der Waals surface area contributed by atoms with Crippen molar-refractivity contribution in [3.05, 3.63) is 113 Å². The Morgan fingerprint density at radius 2 is 1.44 bits per heavy atom. The van der Waals surface area contributed by atoms with Gasteiger partial charge < -0.3 is 5.11 Å². The number of phenolic OH excluding ortho intramolecular Hbond substituents is 1. The second kappa shape index (κ2) is 9.01. The molecule has 4 rings (SSSR count). The van der Waals surface area contributed by atoms with Gasteiger partial charge in [0.05, 0.1) is 11.4 Å². The van der Waals surface area contributed by atoms with Gasteiger partial charge in [0.25, 0.3) is 11.5 Å². The predicted molar refractivity (Wildman–Crippen MR) is 123 cm³/mol. The van der Waals surface area contributed by atoms with Gasteiger partial charge >= 0.3 is 0 Å². The molecular formula is C25H20N4O3. The SMILES string of the molecule is C=C(NNC(=O)c1c(-c2ccccc2)c(-c2ccccc2)n[nH]c1=O)c1ccc(O)cc1. The highest BCUT2D eigenvalue weighted by Gasteiger charge is 2.23. The summed E-state index contributed by atoms with van der Waals surface area (Å²) in [5, 5.41) is 16.1. The first-order chi connectivity index (χ1) is 15.5. The average Bonchev–Trinajstić information content (AvgIpc) is 2.83. The van der Waals surface area contributed by atoms with Crippen molar-refractivity contribution >= 4 is 11.6 Å². The number of hydrogen-bond acceptors (Lipinski definition) is 5. The molecule has 0 radical (unpaired) electrons. The van der Waals surface area contributed by atoms with E-state index in [-0.39, 0.29) is 11.3 Å². The molecule has 1 amide bonds. The molecule has 1 aromatic heterocycles. The van der Waals surface area contributed by atoms with Gasteiger partial charge in [-0.2, -0.15) is 5.10 Å². The summed E-state index contributed by atoms with van der Waals surface area (Å²) in [5.74, 6) is -0.514. The number of aromatic hydroxyl groups is 1. The Morgan fingerprint density at radius 1 is 0.844 bits per heavy atom. The summed E-state index contributed by atoms with van der Waals surface area (Å²) >= 11 is 0. The third-order valence-electron chi connectivity index (χ3n) is 4.86. The van der Waals surface area contributed by atoms with E-state index in [1.54, 1.807) is 12.1 Å². The molecule has 3 aromatic carbocycles. The molecule has 0 aliphatic carbocycles. The summed E-state index contributed by atoms with van der Waals surface area (Å²) in [5.41, 5.74) is 8.01. The largest absolute Gasteiger partial charge is 0.508 e. The van der Waals surface area contributed by atoms with Crippen LogP contribution in [0.5, 0.6) is 5.75 Å². The number of aromatic amines is 1. The topological polar surface area (TPSA) is 107 Å². The Labute approximate surface area is 184 Å². The molecule has 1 heterocycles. The molecule has 0 unspecified atom stereocenters. The number of carbonyl (C=O) groups is 1. The molecule has 0 spiro atoms. The first kappa shape index (κ1) is 20.6. The summed E-state index contributed by atoms with van der Waals surface area (Å²) in [6.45, 7) is 3.88. The van der Waals surface area contributed by atoms with Crippen LogP contribution >= 0.6 is 0 Å². The van der Waals surface area contributed by atoms with Gasteiger partial charge in [-0.05, 0) is 35.4 Å².